The molecule has 1 aliphatic rings. The van der Waals surface area contributed by atoms with E-state index in [1.807, 2.05) is 9.80 Å². The molecule has 1 aromatic heterocycles. The van der Waals surface area contributed by atoms with Gasteiger partial charge in [0.1, 0.15) is 11.6 Å². The number of hydrogen-bond acceptors (Lipinski definition) is 4. The van der Waals surface area contributed by atoms with Crippen LogP contribution in [0.2, 0.25) is 0 Å². The van der Waals surface area contributed by atoms with E-state index in [0.29, 0.717) is 32.0 Å². The molecule has 1 N–H and O–H groups in total. The van der Waals surface area contributed by atoms with Crippen LogP contribution >= 0.6 is 0 Å². The molecule has 156 valence electrons. The van der Waals surface area contributed by atoms with Crippen LogP contribution in [0.25, 0.3) is 0 Å². The monoisotopic (exact) mass is 410 g/mol. The fourth-order valence-electron chi connectivity index (χ4n) is 3.26. The highest BCUT2D eigenvalue weighted by Gasteiger charge is 2.31. The summed E-state index contributed by atoms with van der Waals surface area (Å²) < 4.78 is 51.9. The zero-order valence-electron chi connectivity index (χ0n) is 15.9. The predicted octanol–water partition coefficient (Wildman–Crippen LogP) is 3.78. The lowest BCUT2D eigenvalue weighted by molar-refractivity contribution is -0.137. The van der Waals surface area contributed by atoms with E-state index < -0.39 is 23.6 Å². The molecule has 1 aromatic carbocycles. The number of pyridine rings is 1. The Morgan fingerprint density at radius 3 is 2.52 bits per heavy atom. The van der Waals surface area contributed by atoms with Crippen LogP contribution in [0, 0.1) is 5.82 Å². The molecule has 3 rings (SSSR count). The van der Waals surface area contributed by atoms with E-state index >= 15 is 0 Å². The van der Waals surface area contributed by atoms with Gasteiger partial charge in [0.05, 0.1) is 17.3 Å². The molecule has 5 nitrogen and oxygen atoms in total. The quantitative estimate of drug-likeness (QED) is 0.780. The molecule has 0 spiro atoms. The first-order valence-corrected chi connectivity index (χ1v) is 9.33. The van der Waals surface area contributed by atoms with Crippen LogP contribution in [-0.2, 0) is 11.0 Å². The lowest BCUT2D eigenvalue weighted by Crippen LogP contribution is -2.44. The molecule has 9 heteroatoms. The van der Waals surface area contributed by atoms with Crippen LogP contribution in [0.4, 0.5) is 29.1 Å². The third-order valence-electron chi connectivity index (χ3n) is 4.99. The molecule has 1 fully saturated rings. The summed E-state index contributed by atoms with van der Waals surface area (Å²) >= 11 is 0. The predicted molar refractivity (Wildman–Crippen MR) is 102 cm³/mol. The average Bonchev–Trinajstić information content (AvgIpc) is 2.95. The van der Waals surface area contributed by atoms with Crippen molar-refractivity contribution in [1.82, 2.24) is 9.88 Å². The van der Waals surface area contributed by atoms with Crippen molar-refractivity contribution in [2.24, 2.45) is 0 Å². The van der Waals surface area contributed by atoms with Gasteiger partial charge < -0.3 is 10.2 Å². The normalized spacial score (nSPS) is 16.9. The lowest BCUT2D eigenvalue weighted by atomic mass is 10.2. The molecule has 1 unspecified atom stereocenters. The van der Waals surface area contributed by atoms with Crippen LogP contribution in [0.5, 0.6) is 0 Å². The number of nitrogens with zero attached hydrogens (tertiary/aromatic N) is 3. The van der Waals surface area contributed by atoms with Crippen LogP contribution in [0.1, 0.15) is 18.9 Å². The molecule has 1 amide bonds. The molecular formula is C20H22F4N4O. The molecule has 0 aliphatic carbocycles. The van der Waals surface area contributed by atoms with Crippen molar-refractivity contribution in [1.29, 1.82) is 0 Å². The van der Waals surface area contributed by atoms with E-state index in [-0.39, 0.29) is 11.6 Å². The lowest BCUT2D eigenvalue weighted by Gasteiger charge is -2.27. The standard InChI is InChI=1S/C20H22F4N4O/c1-14(19(29)26-17-6-3-2-5-16(17)21)27-9-4-10-28(12-11-27)18-8-7-15(13-25-18)20(22,23)24/h2-3,5-8,13-14H,4,9-12H2,1H3,(H,26,29). The summed E-state index contributed by atoms with van der Waals surface area (Å²) in [5.41, 5.74) is -0.647. The second-order valence-electron chi connectivity index (χ2n) is 6.92. The largest absolute Gasteiger partial charge is 0.417 e. The van der Waals surface area contributed by atoms with Gasteiger partial charge in [-0.25, -0.2) is 9.37 Å². The maximum atomic E-state index is 13.7. The number of carbonyl (C=O) groups excluding carboxylic acids is 1. The fourth-order valence-corrected chi connectivity index (χ4v) is 3.26. The summed E-state index contributed by atoms with van der Waals surface area (Å²) in [6.07, 6.45) is -2.86. The number of aromatic nitrogens is 1. The highest BCUT2D eigenvalue weighted by Crippen LogP contribution is 2.29. The first kappa shape index (κ1) is 21.0. The van der Waals surface area contributed by atoms with Crippen LogP contribution in [0.15, 0.2) is 42.6 Å². The van der Waals surface area contributed by atoms with Gasteiger partial charge in [-0.15, -0.1) is 0 Å². The summed E-state index contributed by atoms with van der Waals surface area (Å²) in [5.74, 6) is -0.331. The van der Waals surface area contributed by atoms with Gasteiger partial charge in [-0.2, -0.15) is 13.2 Å². The van der Waals surface area contributed by atoms with Gasteiger partial charge in [-0.05, 0) is 37.6 Å². The number of halogens is 4. The minimum absolute atomic E-state index is 0.134. The third-order valence-corrected chi connectivity index (χ3v) is 4.99. The van der Waals surface area contributed by atoms with Gasteiger partial charge in [-0.3, -0.25) is 9.69 Å². The molecule has 0 saturated carbocycles. The number of benzene rings is 1. The van der Waals surface area contributed by atoms with Gasteiger partial charge in [-0.1, -0.05) is 12.1 Å². The number of anilines is 2. The number of nitrogens with one attached hydrogen (secondary N) is 1. The van der Waals surface area contributed by atoms with Crippen LogP contribution < -0.4 is 10.2 Å². The van der Waals surface area contributed by atoms with Crippen molar-refractivity contribution in [2.45, 2.75) is 25.6 Å². The number of para-hydroxylation sites is 1. The van der Waals surface area contributed by atoms with Gasteiger partial charge >= 0.3 is 6.18 Å². The zero-order chi connectivity index (χ0) is 21.0. The Balaban J connectivity index is 1.60. The van der Waals surface area contributed by atoms with Crippen molar-refractivity contribution >= 4 is 17.4 Å². The molecule has 2 aromatic rings. The number of alkyl halides is 3. The number of rotatable bonds is 4. The summed E-state index contributed by atoms with van der Waals surface area (Å²) in [5, 5.41) is 2.60. The number of hydrogen-bond donors (Lipinski definition) is 1. The van der Waals surface area contributed by atoms with Crippen molar-refractivity contribution in [3.63, 3.8) is 0 Å². The Bertz CT molecular complexity index is 841. The third kappa shape index (κ3) is 5.23. The zero-order valence-corrected chi connectivity index (χ0v) is 15.9. The molecule has 1 atom stereocenters. The molecule has 1 aliphatic heterocycles. The van der Waals surface area contributed by atoms with E-state index in [9.17, 15) is 22.4 Å². The maximum Gasteiger partial charge on any atom is 0.417 e. The highest BCUT2D eigenvalue weighted by atomic mass is 19.4. The number of amides is 1. The Hall–Kier alpha value is -2.68. The number of carbonyl (C=O) groups is 1. The van der Waals surface area contributed by atoms with E-state index in [0.717, 1.165) is 18.7 Å². The van der Waals surface area contributed by atoms with Gasteiger partial charge in [0.15, 0.2) is 0 Å². The van der Waals surface area contributed by atoms with E-state index in [4.69, 9.17) is 0 Å². The molecular weight excluding hydrogens is 388 g/mol. The maximum absolute atomic E-state index is 13.7. The molecule has 1 saturated heterocycles. The second kappa shape index (κ2) is 8.77. The Labute approximate surface area is 166 Å². The van der Waals surface area contributed by atoms with Crippen LogP contribution in [-0.4, -0.2) is 48.0 Å². The minimum atomic E-state index is -4.41. The van der Waals surface area contributed by atoms with Gasteiger partial charge in [0, 0.05) is 32.4 Å². The van der Waals surface area contributed by atoms with Crippen molar-refractivity contribution in [2.75, 3.05) is 36.4 Å². The summed E-state index contributed by atoms with van der Waals surface area (Å²) in [4.78, 5) is 20.3. The highest BCUT2D eigenvalue weighted by molar-refractivity contribution is 5.94. The van der Waals surface area contributed by atoms with E-state index in [1.54, 1.807) is 19.1 Å². The first-order valence-electron chi connectivity index (χ1n) is 9.33. The smallest absolute Gasteiger partial charge is 0.355 e. The van der Waals surface area contributed by atoms with E-state index in [1.165, 1.54) is 18.2 Å². The van der Waals surface area contributed by atoms with Gasteiger partial charge in [0.25, 0.3) is 0 Å². The Morgan fingerprint density at radius 2 is 1.86 bits per heavy atom. The summed E-state index contributed by atoms with van der Waals surface area (Å²) in [6, 6.07) is 7.89. The molecule has 0 bridgehead atoms. The Kier molecular flexibility index (Phi) is 6.36. The molecule has 0 radical (unpaired) electrons. The van der Waals surface area contributed by atoms with E-state index in [2.05, 4.69) is 10.3 Å². The molecule has 29 heavy (non-hydrogen) atoms. The Morgan fingerprint density at radius 1 is 1.10 bits per heavy atom. The SMILES string of the molecule is CC(C(=O)Nc1ccccc1F)N1CCCN(c2ccc(C(F)(F)F)cn2)CC1. The topological polar surface area (TPSA) is 48.5 Å². The molecule has 2 heterocycles. The summed E-state index contributed by atoms with van der Waals surface area (Å²) in [7, 11) is 0. The summed E-state index contributed by atoms with van der Waals surface area (Å²) in [6.45, 7) is 4.08. The second-order valence-corrected chi connectivity index (χ2v) is 6.92. The van der Waals surface area contributed by atoms with Crippen molar-refractivity contribution < 1.29 is 22.4 Å². The average molecular weight is 410 g/mol. The minimum Gasteiger partial charge on any atom is -0.355 e. The van der Waals surface area contributed by atoms with Crippen molar-refractivity contribution in [3.05, 3.63) is 54.0 Å². The van der Waals surface area contributed by atoms with Crippen molar-refractivity contribution in [3.8, 4) is 0 Å². The fraction of sp³-hybridized carbons (Fsp3) is 0.400. The van der Waals surface area contributed by atoms with Crippen LogP contribution in [0.3, 0.4) is 0 Å². The van der Waals surface area contributed by atoms with Gasteiger partial charge in [0.2, 0.25) is 5.91 Å². The first-order chi connectivity index (χ1) is 13.8.